The first kappa shape index (κ1) is 33.6. The molecule has 1 N–H and O–H groups in total. The average Bonchev–Trinajstić information content (AvgIpc) is 2.84. The summed E-state index contributed by atoms with van der Waals surface area (Å²) < 4.78 is 44.6. The maximum Gasteiger partial charge on any atom is 0.0807 e. The summed E-state index contributed by atoms with van der Waals surface area (Å²) in [7, 11) is 1.66. The quantitative estimate of drug-likeness (QED) is 0.172. The van der Waals surface area contributed by atoms with E-state index in [1.165, 1.54) is 0 Å². The van der Waals surface area contributed by atoms with Gasteiger partial charge in [0.25, 0.3) is 0 Å². The van der Waals surface area contributed by atoms with E-state index >= 15 is 0 Å². The highest BCUT2D eigenvalue weighted by Crippen LogP contribution is 2.10. The van der Waals surface area contributed by atoms with Crippen LogP contribution < -0.4 is 0 Å². The molecule has 0 aliphatic carbocycles. The van der Waals surface area contributed by atoms with E-state index in [1.807, 2.05) is 0 Å². The van der Waals surface area contributed by atoms with Crippen LogP contribution in [0.2, 0.25) is 0 Å². The maximum absolute atomic E-state index is 9.11. The molecule has 9 nitrogen and oxygen atoms in total. The predicted molar refractivity (Wildman–Crippen MR) is 131 cm³/mol. The molecular formula is C25H52O9. The molecule has 0 radical (unpaired) electrons. The van der Waals surface area contributed by atoms with Gasteiger partial charge in [-0.15, -0.1) is 0 Å². The molecule has 0 saturated heterocycles. The molecule has 0 aliphatic heterocycles. The predicted octanol–water partition coefficient (Wildman–Crippen LogP) is 2.71. The van der Waals surface area contributed by atoms with Crippen molar-refractivity contribution in [1.29, 1.82) is 0 Å². The van der Waals surface area contributed by atoms with Crippen LogP contribution in [-0.2, 0) is 37.9 Å². The Morgan fingerprint density at radius 1 is 0.529 bits per heavy atom. The standard InChI is InChI=1S/C25H52O9/c1-6-23(18-31-15-12-29-11-14-30-17-22(4)26)19-33-25(8-3)21-34-24(7-2)20-32-16-13-28-10-9-27-5/h22-26H,6-21H2,1-5H3. The van der Waals surface area contributed by atoms with E-state index in [2.05, 4.69) is 20.8 Å². The smallest absolute Gasteiger partial charge is 0.0807 e. The monoisotopic (exact) mass is 496 g/mol. The summed E-state index contributed by atoms with van der Waals surface area (Å²) in [5.74, 6) is 0.340. The first-order valence-corrected chi connectivity index (χ1v) is 12.9. The van der Waals surface area contributed by atoms with E-state index in [0.29, 0.717) is 91.8 Å². The van der Waals surface area contributed by atoms with Crippen LogP contribution in [0.3, 0.4) is 0 Å². The Bertz CT molecular complexity index is 399. The Morgan fingerprint density at radius 2 is 1.00 bits per heavy atom. The van der Waals surface area contributed by atoms with Crippen molar-refractivity contribution >= 4 is 0 Å². The van der Waals surface area contributed by atoms with E-state index in [1.54, 1.807) is 14.0 Å². The van der Waals surface area contributed by atoms with Crippen LogP contribution in [0.1, 0.15) is 47.0 Å². The molecule has 4 unspecified atom stereocenters. The van der Waals surface area contributed by atoms with E-state index in [9.17, 15) is 0 Å². The molecule has 0 amide bonds. The van der Waals surface area contributed by atoms with Crippen molar-refractivity contribution in [1.82, 2.24) is 0 Å². The summed E-state index contributed by atoms with van der Waals surface area (Å²) in [6.45, 7) is 15.1. The van der Waals surface area contributed by atoms with E-state index in [4.69, 9.17) is 43.0 Å². The Kier molecular flexibility index (Phi) is 25.5. The molecule has 0 heterocycles. The van der Waals surface area contributed by atoms with Gasteiger partial charge in [-0.3, -0.25) is 0 Å². The molecule has 0 rings (SSSR count). The van der Waals surface area contributed by atoms with Crippen molar-refractivity contribution < 1.29 is 43.0 Å². The number of ether oxygens (including phenoxy) is 8. The summed E-state index contributed by atoms with van der Waals surface area (Å²) in [5.41, 5.74) is 0. The Balaban J connectivity index is 3.85. The Morgan fingerprint density at radius 3 is 1.53 bits per heavy atom. The number of hydrogen-bond donors (Lipinski definition) is 1. The lowest BCUT2D eigenvalue weighted by molar-refractivity contribution is -0.0852. The molecule has 0 spiro atoms. The summed E-state index contributed by atoms with van der Waals surface area (Å²) in [6, 6.07) is 0. The van der Waals surface area contributed by atoms with Gasteiger partial charge < -0.3 is 43.0 Å². The SMILES string of the molecule is CCC(COCCOCCOCC(C)O)COC(CC)COC(CC)COCCOCCOC. The zero-order chi connectivity index (χ0) is 25.3. The normalized spacial score (nSPS) is 15.4. The van der Waals surface area contributed by atoms with Crippen LogP contribution in [0.15, 0.2) is 0 Å². The second-order valence-electron chi connectivity index (χ2n) is 8.29. The molecule has 0 aromatic carbocycles. The maximum atomic E-state index is 9.11. The van der Waals surface area contributed by atoms with Gasteiger partial charge >= 0.3 is 0 Å². The van der Waals surface area contributed by atoms with Crippen molar-refractivity contribution in [3.05, 3.63) is 0 Å². The van der Waals surface area contributed by atoms with Crippen LogP contribution >= 0.6 is 0 Å². The third-order valence-corrected chi connectivity index (χ3v) is 5.14. The highest BCUT2D eigenvalue weighted by molar-refractivity contribution is 4.62. The minimum absolute atomic E-state index is 0.0550. The van der Waals surface area contributed by atoms with Crippen LogP contribution in [0.4, 0.5) is 0 Å². The van der Waals surface area contributed by atoms with Gasteiger partial charge in [0, 0.05) is 13.0 Å². The van der Waals surface area contributed by atoms with Gasteiger partial charge in [-0.05, 0) is 26.2 Å². The average molecular weight is 497 g/mol. The van der Waals surface area contributed by atoms with Crippen LogP contribution in [0, 0.1) is 5.92 Å². The summed E-state index contributed by atoms with van der Waals surface area (Å²) >= 11 is 0. The topological polar surface area (TPSA) is 94.1 Å². The molecule has 34 heavy (non-hydrogen) atoms. The zero-order valence-electron chi connectivity index (χ0n) is 22.3. The first-order chi connectivity index (χ1) is 16.6. The molecule has 0 fully saturated rings. The van der Waals surface area contributed by atoms with Crippen LogP contribution in [-0.4, -0.2) is 116 Å². The molecular weight excluding hydrogens is 444 g/mol. The number of aliphatic hydroxyl groups is 1. The number of methoxy groups -OCH3 is 1. The third kappa shape index (κ3) is 22.1. The molecule has 9 heteroatoms. The summed E-state index contributed by atoms with van der Waals surface area (Å²) in [5, 5.41) is 9.11. The minimum atomic E-state index is -0.445. The minimum Gasteiger partial charge on any atom is -0.391 e. The van der Waals surface area contributed by atoms with Gasteiger partial charge in [-0.2, -0.15) is 0 Å². The van der Waals surface area contributed by atoms with E-state index in [0.717, 1.165) is 19.3 Å². The largest absolute Gasteiger partial charge is 0.391 e. The second-order valence-corrected chi connectivity index (χ2v) is 8.29. The van der Waals surface area contributed by atoms with Gasteiger partial charge in [0.2, 0.25) is 0 Å². The lowest BCUT2D eigenvalue weighted by Gasteiger charge is -2.23. The highest BCUT2D eigenvalue weighted by Gasteiger charge is 2.15. The lowest BCUT2D eigenvalue weighted by atomic mass is 10.1. The van der Waals surface area contributed by atoms with Crippen molar-refractivity contribution in [3.8, 4) is 0 Å². The first-order valence-electron chi connectivity index (χ1n) is 12.9. The lowest BCUT2D eigenvalue weighted by Crippen LogP contribution is -2.29. The fourth-order valence-electron chi connectivity index (χ4n) is 2.79. The fourth-order valence-corrected chi connectivity index (χ4v) is 2.79. The van der Waals surface area contributed by atoms with Gasteiger partial charge in [0.05, 0.1) is 104 Å². The Hall–Kier alpha value is -0.360. The Labute approximate surface area is 207 Å². The van der Waals surface area contributed by atoms with Crippen molar-refractivity contribution in [3.63, 3.8) is 0 Å². The zero-order valence-corrected chi connectivity index (χ0v) is 22.3. The molecule has 4 atom stereocenters. The molecule has 206 valence electrons. The number of aliphatic hydroxyl groups excluding tert-OH is 1. The van der Waals surface area contributed by atoms with E-state index < -0.39 is 6.10 Å². The van der Waals surface area contributed by atoms with Crippen LogP contribution in [0.5, 0.6) is 0 Å². The fraction of sp³-hybridized carbons (Fsp3) is 1.00. The molecule has 0 aromatic rings. The second kappa shape index (κ2) is 25.7. The van der Waals surface area contributed by atoms with Crippen molar-refractivity contribution in [2.24, 2.45) is 5.92 Å². The summed E-state index contributed by atoms with van der Waals surface area (Å²) in [6.07, 6.45) is 2.45. The highest BCUT2D eigenvalue weighted by atomic mass is 16.6. The van der Waals surface area contributed by atoms with Crippen LogP contribution in [0.25, 0.3) is 0 Å². The van der Waals surface area contributed by atoms with Gasteiger partial charge in [0.15, 0.2) is 0 Å². The molecule has 0 saturated carbocycles. The molecule has 0 bridgehead atoms. The number of hydrogen-bond acceptors (Lipinski definition) is 9. The van der Waals surface area contributed by atoms with E-state index in [-0.39, 0.29) is 12.2 Å². The van der Waals surface area contributed by atoms with Gasteiger partial charge in [-0.25, -0.2) is 0 Å². The van der Waals surface area contributed by atoms with Crippen molar-refractivity contribution in [2.45, 2.75) is 65.3 Å². The number of rotatable bonds is 27. The van der Waals surface area contributed by atoms with Crippen molar-refractivity contribution in [2.75, 3.05) is 93.0 Å². The molecule has 0 aliphatic rings. The van der Waals surface area contributed by atoms with Gasteiger partial charge in [-0.1, -0.05) is 20.8 Å². The third-order valence-electron chi connectivity index (χ3n) is 5.14. The summed E-state index contributed by atoms with van der Waals surface area (Å²) in [4.78, 5) is 0. The van der Waals surface area contributed by atoms with Gasteiger partial charge in [0.1, 0.15) is 0 Å². The molecule has 0 aromatic heterocycles.